The maximum Gasteiger partial charge on any atom is 0.407 e. The summed E-state index contributed by atoms with van der Waals surface area (Å²) < 4.78 is 9.02. The molecule has 0 saturated carbocycles. The first-order valence-electron chi connectivity index (χ1n) is 10.8. The maximum atomic E-state index is 13.3. The molecular formula is C22H35BrN4O3S2. The molecule has 2 aliphatic heterocycles. The molecular weight excluding hydrogens is 512 g/mol. The number of aliphatic imine (C=N–C) groups is 1. The minimum atomic E-state index is -0.613. The molecule has 1 aromatic carbocycles. The Kier molecular flexibility index (Phi) is 13.2. The van der Waals surface area contributed by atoms with Crippen LogP contribution in [0.25, 0.3) is 0 Å². The van der Waals surface area contributed by atoms with Gasteiger partial charge in [-0.25, -0.2) is 9.79 Å². The van der Waals surface area contributed by atoms with Gasteiger partial charge in [-0.05, 0) is 55.2 Å². The van der Waals surface area contributed by atoms with E-state index >= 15 is 0 Å². The lowest BCUT2D eigenvalue weighted by molar-refractivity contribution is -0.134. The minimum absolute atomic E-state index is 0.00144. The van der Waals surface area contributed by atoms with Crippen LogP contribution in [0.5, 0.6) is 0 Å². The second-order valence-corrected chi connectivity index (χ2v) is 8.77. The predicted molar refractivity (Wildman–Crippen MR) is 140 cm³/mol. The number of hydrogen-bond acceptors (Lipinski definition) is 7. The number of alkyl carbamates (subject to hydrolysis) is 1. The quantitative estimate of drug-likeness (QED) is 0.339. The number of carbonyl (C=O) groups is 2. The molecule has 0 bridgehead atoms. The molecule has 1 saturated heterocycles. The SMILES string of the molecule is CC.CCC(C)[C@H](NC(=O)OC)C(=O)N1CCC[C@H]1C1=Nc2ccc(Br)cc2SN1.CS. The van der Waals surface area contributed by atoms with Crippen LogP contribution in [0.3, 0.4) is 0 Å². The van der Waals surface area contributed by atoms with Gasteiger partial charge in [0.2, 0.25) is 5.91 Å². The van der Waals surface area contributed by atoms with Gasteiger partial charge in [0.25, 0.3) is 0 Å². The molecule has 2 heterocycles. The van der Waals surface area contributed by atoms with Crippen molar-refractivity contribution in [3.05, 3.63) is 22.7 Å². The standard InChI is InChI=1S/C19H25BrN4O3S.C2H6.CH4S/c1-4-11(2)16(22-19(26)27-3)18(25)24-9-5-6-14(24)17-21-13-8-7-12(20)10-15(13)28-23-17;2*1-2/h7-8,10-11,14,16H,4-6,9H2,1-3H3,(H,21,23)(H,22,26);1-2H3;2H,1H3/t11?,14-,16-;;/m0../s1. The third kappa shape index (κ3) is 7.31. The number of ether oxygens (including phenoxy) is 1. The zero-order valence-electron chi connectivity index (χ0n) is 19.6. The van der Waals surface area contributed by atoms with E-state index in [1.54, 1.807) is 6.26 Å². The van der Waals surface area contributed by atoms with E-state index in [2.05, 4.69) is 38.6 Å². The van der Waals surface area contributed by atoms with Crippen molar-refractivity contribution in [2.75, 3.05) is 19.9 Å². The average Bonchev–Trinajstić information content (AvgIpc) is 3.33. The van der Waals surface area contributed by atoms with Gasteiger partial charge in [-0.2, -0.15) is 12.6 Å². The number of nitrogens with zero attached hydrogens (tertiary/aromatic N) is 2. The van der Waals surface area contributed by atoms with Crippen molar-refractivity contribution < 1.29 is 14.3 Å². The maximum absolute atomic E-state index is 13.3. The van der Waals surface area contributed by atoms with Crippen molar-refractivity contribution in [2.45, 2.75) is 63.9 Å². The Morgan fingerprint density at radius 1 is 1.41 bits per heavy atom. The fourth-order valence-electron chi connectivity index (χ4n) is 3.43. The molecule has 7 nitrogen and oxygen atoms in total. The summed E-state index contributed by atoms with van der Waals surface area (Å²) in [5, 5.41) is 2.72. The highest BCUT2D eigenvalue weighted by Crippen LogP contribution is 2.35. The summed E-state index contributed by atoms with van der Waals surface area (Å²) in [7, 11) is 1.31. The van der Waals surface area contributed by atoms with Crippen LogP contribution < -0.4 is 10.0 Å². The molecule has 10 heteroatoms. The molecule has 3 atom stereocenters. The number of carbonyl (C=O) groups excluding carboxylic acids is 2. The highest BCUT2D eigenvalue weighted by Gasteiger charge is 2.39. The van der Waals surface area contributed by atoms with Crippen LogP contribution in [0.4, 0.5) is 10.5 Å². The lowest BCUT2D eigenvalue weighted by Gasteiger charge is -2.33. The molecule has 1 fully saturated rings. The lowest BCUT2D eigenvalue weighted by Crippen LogP contribution is -2.55. The van der Waals surface area contributed by atoms with Gasteiger partial charge < -0.3 is 19.7 Å². The molecule has 1 unspecified atom stereocenters. The largest absolute Gasteiger partial charge is 0.453 e. The van der Waals surface area contributed by atoms with Gasteiger partial charge in [-0.1, -0.05) is 50.0 Å². The second kappa shape index (κ2) is 14.7. The average molecular weight is 548 g/mol. The second-order valence-electron chi connectivity index (χ2n) is 7.00. The lowest BCUT2D eigenvalue weighted by atomic mass is 9.97. The normalized spacial score (nSPS) is 18.3. The smallest absolute Gasteiger partial charge is 0.407 e. The van der Waals surface area contributed by atoms with Crippen LogP contribution in [0.1, 0.15) is 47.0 Å². The number of nitrogens with one attached hydrogen (secondary N) is 2. The zero-order valence-corrected chi connectivity index (χ0v) is 22.9. The van der Waals surface area contributed by atoms with Gasteiger partial charge in [0.1, 0.15) is 11.9 Å². The van der Waals surface area contributed by atoms with E-state index in [0.29, 0.717) is 6.54 Å². The van der Waals surface area contributed by atoms with Crippen molar-refractivity contribution in [1.82, 2.24) is 14.9 Å². The van der Waals surface area contributed by atoms with Crippen molar-refractivity contribution in [3.63, 3.8) is 0 Å². The predicted octanol–water partition coefficient (Wildman–Crippen LogP) is 5.42. The van der Waals surface area contributed by atoms with E-state index in [1.807, 2.05) is 50.8 Å². The molecule has 0 aliphatic carbocycles. The summed E-state index contributed by atoms with van der Waals surface area (Å²) in [6.07, 6.45) is 3.63. The number of rotatable bonds is 5. The van der Waals surface area contributed by atoms with Gasteiger partial charge >= 0.3 is 6.09 Å². The van der Waals surface area contributed by atoms with Crippen molar-refractivity contribution in [3.8, 4) is 0 Å². The van der Waals surface area contributed by atoms with Crippen LogP contribution in [0, 0.1) is 5.92 Å². The number of amides is 2. The van der Waals surface area contributed by atoms with E-state index < -0.39 is 12.1 Å². The van der Waals surface area contributed by atoms with Gasteiger partial charge in [-0.3, -0.25) is 4.79 Å². The van der Waals surface area contributed by atoms with E-state index in [-0.39, 0.29) is 17.9 Å². The van der Waals surface area contributed by atoms with Crippen molar-refractivity contribution >= 4 is 64.0 Å². The summed E-state index contributed by atoms with van der Waals surface area (Å²) in [6, 6.07) is 5.21. The van der Waals surface area contributed by atoms with Crippen molar-refractivity contribution in [2.24, 2.45) is 10.9 Å². The Hall–Kier alpha value is -1.39. The van der Waals surface area contributed by atoms with Gasteiger partial charge in [0, 0.05) is 11.0 Å². The fraction of sp³-hybridized carbons (Fsp3) is 0.591. The number of benzene rings is 1. The number of likely N-dealkylation sites (tertiary alicyclic amines) is 1. The van der Waals surface area contributed by atoms with Gasteiger partial charge in [0.15, 0.2) is 0 Å². The zero-order chi connectivity index (χ0) is 24.3. The molecule has 2 aliphatic rings. The van der Waals surface area contributed by atoms with Crippen LogP contribution >= 0.6 is 40.5 Å². The van der Waals surface area contributed by atoms with Gasteiger partial charge in [0.05, 0.1) is 23.7 Å². The number of thiol groups is 1. The summed E-state index contributed by atoms with van der Waals surface area (Å²) in [5.74, 6) is 0.701. The molecule has 1 aromatic rings. The first-order chi connectivity index (χ1) is 15.4. The fourth-order valence-corrected chi connectivity index (χ4v) is 4.74. The number of methoxy groups -OCH3 is 1. The Balaban J connectivity index is 0.00000121. The molecule has 0 radical (unpaired) electrons. The summed E-state index contributed by atoms with van der Waals surface area (Å²) in [4.78, 5) is 32.7. The van der Waals surface area contributed by atoms with Crippen molar-refractivity contribution in [1.29, 1.82) is 0 Å². The number of halogens is 1. The number of fused-ring (bicyclic) bond motifs is 1. The molecule has 0 aromatic heterocycles. The molecule has 2 amide bonds. The van der Waals surface area contributed by atoms with E-state index in [9.17, 15) is 9.59 Å². The number of amidine groups is 1. The highest BCUT2D eigenvalue weighted by molar-refractivity contribution is 9.10. The highest BCUT2D eigenvalue weighted by atomic mass is 79.9. The molecule has 0 spiro atoms. The topological polar surface area (TPSA) is 83.0 Å². The molecule has 2 N–H and O–H groups in total. The van der Waals surface area contributed by atoms with Crippen LogP contribution in [-0.2, 0) is 9.53 Å². The summed E-state index contributed by atoms with van der Waals surface area (Å²) in [5.41, 5.74) is 0.896. The Morgan fingerprint density at radius 3 is 2.72 bits per heavy atom. The first kappa shape index (κ1) is 28.6. The van der Waals surface area contributed by atoms with Crippen LogP contribution in [0.2, 0.25) is 0 Å². The van der Waals surface area contributed by atoms with E-state index in [0.717, 1.165) is 40.2 Å². The molecule has 32 heavy (non-hydrogen) atoms. The van der Waals surface area contributed by atoms with Crippen LogP contribution in [-0.4, -0.2) is 54.7 Å². The monoisotopic (exact) mass is 546 g/mol. The van der Waals surface area contributed by atoms with E-state index in [1.165, 1.54) is 19.1 Å². The Bertz CT molecular complexity index is 794. The third-order valence-electron chi connectivity index (χ3n) is 5.22. The Morgan fingerprint density at radius 2 is 2.09 bits per heavy atom. The minimum Gasteiger partial charge on any atom is -0.453 e. The molecule has 180 valence electrons. The summed E-state index contributed by atoms with van der Waals surface area (Å²) >= 11 is 8.51. The summed E-state index contributed by atoms with van der Waals surface area (Å²) in [6.45, 7) is 8.62. The Labute approximate surface area is 210 Å². The third-order valence-corrected chi connectivity index (χ3v) is 6.57. The molecule has 3 rings (SSSR count). The van der Waals surface area contributed by atoms with Crippen LogP contribution in [0.15, 0.2) is 32.6 Å². The first-order valence-corrected chi connectivity index (χ1v) is 13.4. The number of hydrogen-bond donors (Lipinski definition) is 3. The van der Waals surface area contributed by atoms with Gasteiger partial charge in [-0.15, -0.1) is 0 Å². The van der Waals surface area contributed by atoms with E-state index in [4.69, 9.17) is 9.73 Å².